The summed E-state index contributed by atoms with van der Waals surface area (Å²) in [6.45, 7) is 1.34. The van der Waals surface area contributed by atoms with Gasteiger partial charge in [-0.1, -0.05) is 24.3 Å². The van der Waals surface area contributed by atoms with Gasteiger partial charge in [0, 0.05) is 10.4 Å². The molecule has 0 radical (unpaired) electrons. The Morgan fingerprint density at radius 2 is 1.69 bits per heavy atom. The molecule has 1 atom stereocenters. The van der Waals surface area contributed by atoms with E-state index in [-0.39, 0.29) is 12.3 Å². The number of amides is 3. The van der Waals surface area contributed by atoms with E-state index in [0.29, 0.717) is 17.1 Å². The van der Waals surface area contributed by atoms with Crippen LogP contribution in [-0.4, -0.2) is 29.2 Å². The number of carbonyl (C=O) groups excluding carboxylic acids is 3. The van der Waals surface area contributed by atoms with Crippen LogP contribution in [0, 0.1) is 0 Å². The maximum absolute atomic E-state index is 12.8. The molecule has 7 heteroatoms. The van der Waals surface area contributed by atoms with Gasteiger partial charge in [-0.05, 0) is 54.8 Å². The molecule has 3 amide bonds. The van der Waals surface area contributed by atoms with E-state index < -0.39 is 17.5 Å². The number of nitrogens with one attached hydrogen (secondary N) is 1. The number of ketones is 1. The third-order valence-electron chi connectivity index (χ3n) is 4.75. The quantitative estimate of drug-likeness (QED) is 0.492. The summed E-state index contributed by atoms with van der Waals surface area (Å²) in [6.07, 6.45) is 0. The highest BCUT2D eigenvalue weighted by molar-refractivity contribution is 7.10. The fraction of sp³-hybridized carbons (Fsp3) is 0.136. The van der Waals surface area contributed by atoms with E-state index in [1.165, 1.54) is 11.3 Å². The predicted octanol–water partition coefficient (Wildman–Crippen LogP) is 4.19. The fourth-order valence-corrected chi connectivity index (χ4v) is 3.97. The van der Waals surface area contributed by atoms with Crippen LogP contribution in [0.5, 0.6) is 11.5 Å². The maximum atomic E-state index is 12.8. The van der Waals surface area contributed by atoms with E-state index in [1.807, 2.05) is 41.8 Å². The van der Waals surface area contributed by atoms with E-state index in [0.717, 1.165) is 9.78 Å². The van der Waals surface area contributed by atoms with Crippen molar-refractivity contribution in [3.8, 4) is 11.5 Å². The third kappa shape index (κ3) is 3.64. The zero-order valence-corrected chi connectivity index (χ0v) is 16.4. The van der Waals surface area contributed by atoms with Gasteiger partial charge in [0.05, 0.1) is 6.54 Å². The van der Waals surface area contributed by atoms with Crippen molar-refractivity contribution in [1.82, 2.24) is 10.2 Å². The second-order valence-corrected chi connectivity index (χ2v) is 7.73. The number of hydrogen-bond acceptors (Lipinski definition) is 5. The van der Waals surface area contributed by atoms with E-state index in [1.54, 1.807) is 37.3 Å². The van der Waals surface area contributed by atoms with Crippen LogP contribution in [0.3, 0.4) is 0 Å². The Balaban J connectivity index is 1.45. The maximum Gasteiger partial charge on any atom is 0.325 e. The molecule has 1 saturated heterocycles. The molecule has 1 aromatic heterocycles. The number of nitrogens with zero attached hydrogens (tertiary/aromatic N) is 1. The van der Waals surface area contributed by atoms with Crippen LogP contribution in [0.1, 0.15) is 22.2 Å². The summed E-state index contributed by atoms with van der Waals surface area (Å²) in [5.74, 6) is 0.532. The van der Waals surface area contributed by atoms with E-state index in [2.05, 4.69) is 5.32 Å². The van der Waals surface area contributed by atoms with Crippen molar-refractivity contribution in [1.29, 1.82) is 0 Å². The SMILES string of the molecule is CC1(c2cccs2)NC(=O)N(CC(=O)c2ccc(Oc3ccccc3)cc2)C1=O. The molecule has 29 heavy (non-hydrogen) atoms. The van der Waals surface area contributed by atoms with Crippen molar-refractivity contribution < 1.29 is 19.1 Å². The van der Waals surface area contributed by atoms with Crippen molar-refractivity contribution in [2.45, 2.75) is 12.5 Å². The molecule has 0 saturated carbocycles. The lowest BCUT2D eigenvalue weighted by Gasteiger charge is -2.19. The molecule has 3 aromatic rings. The van der Waals surface area contributed by atoms with Crippen molar-refractivity contribution in [3.05, 3.63) is 82.6 Å². The van der Waals surface area contributed by atoms with Crippen LogP contribution in [0.2, 0.25) is 0 Å². The molecule has 4 rings (SSSR count). The molecule has 1 unspecified atom stereocenters. The molecule has 2 heterocycles. The topological polar surface area (TPSA) is 75.7 Å². The van der Waals surface area contributed by atoms with Gasteiger partial charge >= 0.3 is 6.03 Å². The summed E-state index contributed by atoms with van der Waals surface area (Å²) >= 11 is 1.38. The van der Waals surface area contributed by atoms with Gasteiger partial charge in [-0.2, -0.15) is 0 Å². The number of rotatable bonds is 6. The van der Waals surface area contributed by atoms with Crippen LogP contribution in [0.25, 0.3) is 0 Å². The summed E-state index contributed by atoms with van der Waals surface area (Å²) < 4.78 is 5.71. The molecule has 1 aliphatic rings. The second-order valence-electron chi connectivity index (χ2n) is 6.79. The van der Waals surface area contributed by atoms with Gasteiger partial charge < -0.3 is 10.1 Å². The highest BCUT2D eigenvalue weighted by atomic mass is 32.1. The van der Waals surface area contributed by atoms with Crippen molar-refractivity contribution >= 4 is 29.1 Å². The van der Waals surface area contributed by atoms with Gasteiger partial charge in [0.15, 0.2) is 11.3 Å². The average molecular weight is 406 g/mol. The molecule has 2 aromatic carbocycles. The standard InChI is InChI=1S/C22H18N2O4S/c1-22(19-8-5-13-29-19)20(26)24(21(27)23-22)14-18(25)15-9-11-17(12-10-15)28-16-6-3-2-4-7-16/h2-13H,14H2,1H3,(H,23,27). The molecule has 146 valence electrons. The minimum atomic E-state index is -1.14. The number of thiophene rings is 1. The summed E-state index contributed by atoms with van der Waals surface area (Å²) in [5.41, 5.74) is -0.741. The predicted molar refractivity (Wildman–Crippen MR) is 109 cm³/mol. The van der Waals surface area contributed by atoms with Gasteiger partial charge in [0.1, 0.15) is 11.5 Å². The number of carbonyl (C=O) groups is 3. The zero-order chi connectivity index (χ0) is 20.4. The molecule has 1 fully saturated rings. The largest absolute Gasteiger partial charge is 0.457 e. The van der Waals surface area contributed by atoms with Crippen molar-refractivity contribution in [2.24, 2.45) is 0 Å². The van der Waals surface area contributed by atoms with E-state index in [4.69, 9.17) is 4.74 Å². The zero-order valence-electron chi connectivity index (χ0n) is 15.6. The Bertz CT molecular complexity index is 1050. The average Bonchev–Trinajstić information content (AvgIpc) is 3.34. The number of ether oxygens (including phenoxy) is 1. The molecule has 0 spiro atoms. The summed E-state index contributed by atoms with van der Waals surface area (Å²) in [5, 5.41) is 4.54. The lowest BCUT2D eigenvalue weighted by atomic mass is 10.0. The first kappa shape index (κ1) is 18.9. The summed E-state index contributed by atoms with van der Waals surface area (Å²) in [6, 6.07) is 19.0. The van der Waals surface area contributed by atoms with Crippen LogP contribution < -0.4 is 10.1 Å². The molecule has 1 N–H and O–H groups in total. The van der Waals surface area contributed by atoms with Crippen LogP contribution in [0.15, 0.2) is 72.1 Å². The van der Waals surface area contributed by atoms with Crippen molar-refractivity contribution in [2.75, 3.05) is 6.54 Å². The van der Waals surface area contributed by atoms with Crippen LogP contribution in [0.4, 0.5) is 4.79 Å². The lowest BCUT2D eigenvalue weighted by molar-refractivity contribution is -0.130. The first-order chi connectivity index (χ1) is 14.0. The number of Topliss-reactive ketones (excluding diaryl/α,β-unsaturated/α-hetero) is 1. The number of hydrogen-bond donors (Lipinski definition) is 1. The van der Waals surface area contributed by atoms with E-state index >= 15 is 0 Å². The minimum Gasteiger partial charge on any atom is -0.457 e. The molecular formula is C22H18N2O4S. The van der Waals surface area contributed by atoms with Gasteiger partial charge in [0.2, 0.25) is 0 Å². The Morgan fingerprint density at radius 3 is 2.34 bits per heavy atom. The highest BCUT2D eigenvalue weighted by Gasteiger charge is 2.50. The van der Waals surface area contributed by atoms with Gasteiger partial charge in [-0.15, -0.1) is 11.3 Å². The highest BCUT2D eigenvalue weighted by Crippen LogP contribution is 2.32. The van der Waals surface area contributed by atoms with Gasteiger partial charge in [-0.25, -0.2) is 4.79 Å². The van der Waals surface area contributed by atoms with Crippen molar-refractivity contribution in [3.63, 3.8) is 0 Å². The third-order valence-corrected chi connectivity index (χ3v) is 5.84. The molecule has 0 aliphatic carbocycles. The Kier molecular flexibility index (Phi) is 4.90. The van der Waals surface area contributed by atoms with E-state index in [9.17, 15) is 14.4 Å². The second kappa shape index (κ2) is 7.52. The first-order valence-electron chi connectivity index (χ1n) is 9.01. The summed E-state index contributed by atoms with van der Waals surface area (Å²) in [7, 11) is 0. The number of urea groups is 1. The smallest absolute Gasteiger partial charge is 0.325 e. The number of para-hydroxylation sites is 1. The number of benzene rings is 2. The first-order valence-corrected chi connectivity index (χ1v) is 9.89. The molecule has 6 nitrogen and oxygen atoms in total. The Morgan fingerprint density at radius 1 is 1.00 bits per heavy atom. The molecule has 0 bridgehead atoms. The lowest BCUT2D eigenvalue weighted by Crippen LogP contribution is -2.40. The molecule has 1 aliphatic heterocycles. The monoisotopic (exact) mass is 406 g/mol. The Labute approximate surface area is 171 Å². The Hall–Kier alpha value is -3.45. The van der Waals surface area contributed by atoms with Crippen LogP contribution in [-0.2, 0) is 10.3 Å². The fourth-order valence-electron chi connectivity index (χ4n) is 3.14. The molecular weight excluding hydrogens is 388 g/mol. The summed E-state index contributed by atoms with van der Waals surface area (Å²) in [4.78, 5) is 39.5. The van der Waals surface area contributed by atoms with Gasteiger partial charge in [0.25, 0.3) is 5.91 Å². The van der Waals surface area contributed by atoms with Crippen LogP contribution >= 0.6 is 11.3 Å². The minimum absolute atomic E-state index is 0.315. The normalized spacial score (nSPS) is 18.6. The number of imide groups is 1. The van der Waals surface area contributed by atoms with Gasteiger partial charge in [-0.3, -0.25) is 14.5 Å².